The number of hydrogen-bond acceptors (Lipinski definition) is 4. The molecule has 2 aliphatic rings. The number of aromatic nitrogens is 3. The van der Waals surface area contributed by atoms with Crippen molar-refractivity contribution in [2.24, 2.45) is 18.9 Å². The molecule has 0 amide bonds. The van der Waals surface area contributed by atoms with Gasteiger partial charge < -0.3 is 9.47 Å². The van der Waals surface area contributed by atoms with E-state index in [4.69, 9.17) is 0 Å². The molecule has 5 rings (SSSR count). The second-order valence-corrected chi connectivity index (χ2v) is 12.9. The molecule has 39 heavy (non-hydrogen) atoms. The van der Waals surface area contributed by atoms with Crippen molar-refractivity contribution in [2.45, 2.75) is 29.1 Å². The molecular weight excluding hydrogens is 596 g/mol. The maximum atomic E-state index is 12.8. The molecule has 1 aliphatic carbocycles. The van der Waals surface area contributed by atoms with Crippen LogP contribution in [0.3, 0.4) is 0 Å². The van der Waals surface area contributed by atoms with E-state index in [1.165, 1.54) is 43.4 Å². The Morgan fingerprint density at radius 3 is 2.00 bits per heavy atom. The largest absolute Gasteiger partial charge is 0.416 e. The van der Waals surface area contributed by atoms with Crippen molar-refractivity contribution in [3.63, 3.8) is 0 Å². The topological polar surface area (TPSA) is 34.0 Å². The molecule has 0 bridgehead atoms. The Hall–Kier alpha value is -2.03. The van der Waals surface area contributed by atoms with Gasteiger partial charge in [0.1, 0.15) is 4.90 Å². The minimum absolute atomic E-state index is 0. The summed E-state index contributed by atoms with van der Waals surface area (Å²) in [6.45, 7) is 3.47. The molecule has 2 atom stereocenters. The number of rotatable bonds is 7. The number of benzene rings is 2. The van der Waals surface area contributed by atoms with Gasteiger partial charge in [-0.05, 0) is 55.5 Å². The van der Waals surface area contributed by atoms with E-state index < -0.39 is 26.9 Å². The third kappa shape index (κ3) is 8.48. The van der Waals surface area contributed by atoms with Crippen LogP contribution in [0.15, 0.2) is 64.6 Å². The summed E-state index contributed by atoms with van der Waals surface area (Å²) < 4.78 is 101. The van der Waals surface area contributed by atoms with E-state index in [9.17, 15) is 32.6 Å². The number of thioether (sulfide) groups is 1. The summed E-state index contributed by atoms with van der Waals surface area (Å²) in [7, 11) is -7.95. The van der Waals surface area contributed by atoms with Crippen LogP contribution in [0, 0.1) is 11.8 Å². The Morgan fingerprint density at radius 2 is 1.49 bits per heavy atom. The van der Waals surface area contributed by atoms with Crippen molar-refractivity contribution in [3.05, 3.63) is 60.2 Å². The summed E-state index contributed by atoms with van der Waals surface area (Å²) in [4.78, 5) is 0.585. The van der Waals surface area contributed by atoms with Crippen molar-refractivity contribution in [3.8, 4) is 11.4 Å². The van der Waals surface area contributed by atoms with E-state index in [0.29, 0.717) is 28.7 Å². The summed E-state index contributed by atoms with van der Waals surface area (Å²) in [5.41, 5.74) is -0.293. The van der Waals surface area contributed by atoms with Gasteiger partial charge in [0, 0.05) is 31.5 Å². The van der Waals surface area contributed by atoms with Crippen LogP contribution in [0.4, 0.5) is 32.6 Å². The first-order chi connectivity index (χ1) is 17.5. The first-order valence-electron chi connectivity index (χ1n) is 11.7. The highest BCUT2D eigenvalue weighted by atomic mass is 35.5. The summed E-state index contributed by atoms with van der Waals surface area (Å²) in [5.74, 6) is 3.04. The van der Waals surface area contributed by atoms with Gasteiger partial charge in [0.15, 0.2) is 11.0 Å². The van der Waals surface area contributed by atoms with Gasteiger partial charge in [-0.2, -0.15) is 13.2 Å². The quantitative estimate of drug-likeness (QED) is 0.150. The molecule has 0 spiro atoms. The second kappa shape index (κ2) is 10.7. The van der Waals surface area contributed by atoms with Gasteiger partial charge in [0.25, 0.3) is 0 Å². The molecular formula is C24H27ClF8N4S2. The zero-order chi connectivity index (χ0) is 27.8. The van der Waals surface area contributed by atoms with E-state index in [2.05, 4.69) is 15.1 Å². The van der Waals surface area contributed by atoms with Crippen molar-refractivity contribution >= 4 is 34.4 Å². The maximum Gasteiger partial charge on any atom is 0.416 e. The van der Waals surface area contributed by atoms with E-state index in [1.807, 2.05) is 0 Å². The average Bonchev–Trinajstić information content (AvgIpc) is 3.26. The molecule has 2 unspecified atom stereocenters. The minimum atomic E-state index is -9.66. The van der Waals surface area contributed by atoms with Crippen molar-refractivity contribution in [2.75, 3.05) is 25.4 Å². The Morgan fingerprint density at radius 1 is 0.897 bits per heavy atom. The fourth-order valence-corrected chi connectivity index (χ4v) is 5.79. The molecule has 2 aromatic carbocycles. The summed E-state index contributed by atoms with van der Waals surface area (Å²) >= 11 is 1.53. The number of likely N-dealkylation sites (tertiary alicyclic amines) is 1. The van der Waals surface area contributed by atoms with Gasteiger partial charge >= 0.3 is 16.4 Å². The average molecular weight is 623 g/mol. The fourth-order valence-electron chi connectivity index (χ4n) is 4.31. The van der Waals surface area contributed by atoms with E-state index >= 15 is 0 Å². The lowest BCUT2D eigenvalue weighted by Gasteiger charge is -2.40. The molecule has 0 N–H and O–H groups in total. The Labute approximate surface area is 231 Å². The van der Waals surface area contributed by atoms with E-state index in [0.717, 1.165) is 54.8 Å². The molecule has 218 valence electrons. The lowest BCUT2D eigenvalue weighted by molar-refractivity contribution is -0.137. The van der Waals surface area contributed by atoms with Gasteiger partial charge in [-0.1, -0.05) is 61.5 Å². The van der Waals surface area contributed by atoms with Gasteiger partial charge in [0.2, 0.25) is 0 Å². The Bertz CT molecular complexity index is 1240. The van der Waals surface area contributed by atoms with Crippen LogP contribution in [0.2, 0.25) is 0 Å². The van der Waals surface area contributed by atoms with Gasteiger partial charge in [-0.3, -0.25) is 0 Å². The molecule has 1 saturated carbocycles. The van der Waals surface area contributed by atoms with Crippen molar-refractivity contribution in [1.82, 2.24) is 19.7 Å². The standard InChI is InChI=1S/C17H21F5N4S2.C7H5F3.ClH/c1-25-16(12-3-5-15(6-4-12)28(18,19,20,21)22)23-24-17(25)27-8-2-7-26-10-13-9-14(13)11-26;8-7(9,10)6-4-2-1-3-5-6;/h3-6,13-14H,2,7-11H2,1H3;1-5H;1H. The van der Waals surface area contributed by atoms with Crippen LogP contribution in [0.1, 0.15) is 18.4 Å². The Kier molecular flexibility index (Phi) is 8.68. The number of hydrogen-bond donors (Lipinski definition) is 0. The molecule has 2 heterocycles. The van der Waals surface area contributed by atoms with E-state index in [-0.39, 0.29) is 12.4 Å². The molecule has 2 fully saturated rings. The molecule has 15 heteroatoms. The lowest BCUT2D eigenvalue weighted by atomic mass is 10.2. The highest BCUT2D eigenvalue weighted by Crippen LogP contribution is 3.02. The monoisotopic (exact) mass is 622 g/mol. The fraction of sp³-hybridized carbons (Fsp3) is 0.417. The lowest BCUT2D eigenvalue weighted by Crippen LogP contribution is -2.24. The van der Waals surface area contributed by atoms with Gasteiger partial charge in [-0.15, -0.1) is 22.6 Å². The molecule has 0 radical (unpaired) electrons. The van der Waals surface area contributed by atoms with Gasteiger partial charge in [-0.25, -0.2) is 0 Å². The molecule has 3 aromatic rings. The van der Waals surface area contributed by atoms with Gasteiger partial charge in [0.05, 0.1) is 5.56 Å². The number of fused-ring (bicyclic) bond motifs is 1. The minimum Gasteiger partial charge on any atom is -0.305 e. The maximum absolute atomic E-state index is 12.8. The molecule has 1 saturated heterocycles. The zero-order valence-corrected chi connectivity index (χ0v) is 23.1. The number of piperidine rings is 1. The summed E-state index contributed by atoms with van der Waals surface area (Å²) in [5, 5.41) is 8.73. The van der Waals surface area contributed by atoms with Crippen molar-refractivity contribution < 1.29 is 32.6 Å². The second-order valence-electron chi connectivity index (χ2n) is 9.44. The summed E-state index contributed by atoms with van der Waals surface area (Å²) in [6, 6.07) is 9.17. The number of alkyl halides is 3. The number of nitrogens with zero attached hydrogens (tertiary/aromatic N) is 4. The smallest absolute Gasteiger partial charge is 0.305 e. The van der Waals surface area contributed by atoms with Crippen LogP contribution in [0.5, 0.6) is 0 Å². The first kappa shape index (κ1) is 31.5. The predicted molar refractivity (Wildman–Crippen MR) is 140 cm³/mol. The van der Waals surface area contributed by atoms with Crippen LogP contribution in [-0.4, -0.2) is 45.1 Å². The first-order valence-corrected chi connectivity index (χ1v) is 14.7. The van der Waals surface area contributed by atoms with Crippen LogP contribution in [-0.2, 0) is 13.2 Å². The normalized spacial score (nSPS) is 20.6. The highest BCUT2D eigenvalue weighted by Gasteiger charge is 2.65. The third-order valence-corrected chi connectivity index (χ3v) is 8.67. The zero-order valence-electron chi connectivity index (χ0n) is 20.6. The molecule has 4 nitrogen and oxygen atoms in total. The molecule has 1 aliphatic heterocycles. The van der Waals surface area contributed by atoms with Crippen molar-refractivity contribution in [1.29, 1.82) is 0 Å². The van der Waals surface area contributed by atoms with Crippen LogP contribution >= 0.6 is 34.4 Å². The van der Waals surface area contributed by atoms with Crippen LogP contribution in [0.25, 0.3) is 11.4 Å². The summed E-state index contributed by atoms with van der Waals surface area (Å²) in [6.07, 6.45) is -1.80. The molecule has 1 aromatic heterocycles. The predicted octanol–water partition coefficient (Wildman–Crippen LogP) is 8.70. The van der Waals surface area contributed by atoms with Crippen LogP contribution < -0.4 is 0 Å². The Balaban J connectivity index is 0.000000324. The highest BCUT2D eigenvalue weighted by molar-refractivity contribution is 8.45. The third-order valence-electron chi connectivity index (χ3n) is 6.40. The number of halogens is 9. The SMILES string of the molecule is Cl.Cn1c(SCCCN2CC3CC3C2)nnc1-c1ccc(S(F)(F)(F)(F)F)cc1.FC(F)(F)c1ccccc1. The van der Waals surface area contributed by atoms with E-state index in [1.54, 1.807) is 17.7 Å².